The van der Waals surface area contributed by atoms with Crippen LogP contribution in [0.2, 0.25) is 0 Å². The first-order valence-corrected chi connectivity index (χ1v) is 6.31. The number of aryl methyl sites for hydroxylation is 1. The van der Waals surface area contributed by atoms with Gasteiger partial charge >= 0.3 is 0 Å². The molecule has 0 spiro atoms. The van der Waals surface area contributed by atoms with Crippen molar-refractivity contribution in [3.8, 4) is 0 Å². The number of hydrogen-bond acceptors (Lipinski definition) is 1. The van der Waals surface area contributed by atoms with Crippen molar-refractivity contribution in [1.82, 2.24) is 9.97 Å². The summed E-state index contributed by atoms with van der Waals surface area (Å²) in [7, 11) is 0. The molecule has 86 valence electrons. The summed E-state index contributed by atoms with van der Waals surface area (Å²) in [6.45, 7) is 4.63. The molecule has 1 aromatic rings. The smallest absolute Gasteiger partial charge is 0.105 e. The SMILES string of the molecule is CCC(C)CCCCCCc1ncc[nH]1. The summed E-state index contributed by atoms with van der Waals surface area (Å²) in [5.41, 5.74) is 0. The first kappa shape index (κ1) is 12.3. The van der Waals surface area contributed by atoms with Crippen molar-refractivity contribution in [1.29, 1.82) is 0 Å². The fourth-order valence-electron chi connectivity index (χ4n) is 1.78. The van der Waals surface area contributed by atoms with E-state index in [1.54, 1.807) is 0 Å². The molecule has 1 heterocycles. The summed E-state index contributed by atoms with van der Waals surface area (Å²) in [6.07, 6.45) is 13.0. The third-order valence-corrected chi connectivity index (χ3v) is 3.11. The lowest BCUT2D eigenvalue weighted by molar-refractivity contribution is 0.474. The van der Waals surface area contributed by atoms with Gasteiger partial charge in [-0.2, -0.15) is 0 Å². The van der Waals surface area contributed by atoms with Gasteiger partial charge < -0.3 is 4.98 Å². The third kappa shape index (κ3) is 5.60. The Morgan fingerprint density at radius 2 is 2.07 bits per heavy atom. The zero-order chi connectivity index (χ0) is 10.9. The molecule has 0 aliphatic rings. The number of rotatable bonds is 8. The van der Waals surface area contributed by atoms with Gasteiger partial charge in [0.05, 0.1) is 0 Å². The van der Waals surface area contributed by atoms with Crippen LogP contribution in [0.1, 0.15) is 58.2 Å². The fraction of sp³-hybridized carbons (Fsp3) is 0.769. The van der Waals surface area contributed by atoms with Crippen LogP contribution in [0, 0.1) is 5.92 Å². The van der Waals surface area contributed by atoms with Gasteiger partial charge in [0, 0.05) is 18.8 Å². The second kappa shape index (κ2) is 7.49. The molecule has 0 aliphatic heterocycles. The molecule has 1 rings (SSSR count). The quantitative estimate of drug-likeness (QED) is 0.644. The van der Waals surface area contributed by atoms with Gasteiger partial charge in [-0.05, 0) is 12.3 Å². The molecule has 0 saturated heterocycles. The number of imidazole rings is 1. The predicted octanol–water partition coefficient (Wildman–Crippen LogP) is 3.95. The van der Waals surface area contributed by atoms with E-state index in [1.165, 1.54) is 38.5 Å². The van der Waals surface area contributed by atoms with E-state index in [4.69, 9.17) is 0 Å². The second-order valence-electron chi connectivity index (χ2n) is 4.50. The standard InChI is InChI=1S/C13H24N2/c1-3-12(2)8-6-4-5-7-9-13-14-10-11-15-13/h10-12H,3-9H2,1-2H3,(H,14,15). The van der Waals surface area contributed by atoms with Crippen LogP contribution >= 0.6 is 0 Å². The van der Waals surface area contributed by atoms with Crippen LogP contribution in [0.5, 0.6) is 0 Å². The van der Waals surface area contributed by atoms with Crippen molar-refractivity contribution in [3.63, 3.8) is 0 Å². The first-order chi connectivity index (χ1) is 7.33. The Morgan fingerprint density at radius 3 is 2.73 bits per heavy atom. The monoisotopic (exact) mass is 208 g/mol. The number of nitrogens with one attached hydrogen (secondary N) is 1. The second-order valence-corrected chi connectivity index (χ2v) is 4.50. The number of H-pyrrole nitrogens is 1. The summed E-state index contributed by atoms with van der Waals surface area (Å²) in [4.78, 5) is 7.36. The largest absolute Gasteiger partial charge is 0.349 e. The number of hydrogen-bond donors (Lipinski definition) is 1. The van der Waals surface area contributed by atoms with Crippen LogP contribution in [0.25, 0.3) is 0 Å². The molecule has 0 aliphatic carbocycles. The maximum atomic E-state index is 4.22. The summed E-state index contributed by atoms with van der Waals surface area (Å²) in [5.74, 6) is 2.05. The van der Waals surface area contributed by atoms with Crippen molar-refractivity contribution >= 4 is 0 Å². The maximum absolute atomic E-state index is 4.22. The van der Waals surface area contributed by atoms with E-state index in [1.807, 2.05) is 12.4 Å². The van der Waals surface area contributed by atoms with Gasteiger partial charge in [-0.1, -0.05) is 46.0 Å². The highest BCUT2D eigenvalue weighted by molar-refractivity contribution is 4.86. The molecule has 1 unspecified atom stereocenters. The highest BCUT2D eigenvalue weighted by Crippen LogP contribution is 2.13. The minimum atomic E-state index is 0.912. The van der Waals surface area contributed by atoms with Gasteiger partial charge in [0.25, 0.3) is 0 Å². The van der Waals surface area contributed by atoms with Gasteiger partial charge in [0.1, 0.15) is 5.82 Å². The van der Waals surface area contributed by atoms with Crippen LogP contribution in [0.4, 0.5) is 0 Å². The van der Waals surface area contributed by atoms with Crippen LogP contribution in [-0.4, -0.2) is 9.97 Å². The Balaban J connectivity index is 1.89. The van der Waals surface area contributed by atoms with Gasteiger partial charge in [-0.3, -0.25) is 0 Å². The molecule has 1 N–H and O–H groups in total. The van der Waals surface area contributed by atoms with Gasteiger partial charge in [-0.25, -0.2) is 4.98 Å². The molecule has 0 amide bonds. The van der Waals surface area contributed by atoms with E-state index >= 15 is 0 Å². The van der Waals surface area contributed by atoms with E-state index in [2.05, 4.69) is 23.8 Å². The molecule has 0 bridgehead atoms. The minimum absolute atomic E-state index is 0.912. The normalized spacial score (nSPS) is 12.9. The van der Waals surface area contributed by atoms with Crippen molar-refractivity contribution in [2.75, 3.05) is 0 Å². The average molecular weight is 208 g/mol. The molecule has 0 fully saturated rings. The first-order valence-electron chi connectivity index (χ1n) is 6.31. The van der Waals surface area contributed by atoms with Crippen molar-refractivity contribution in [2.24, 2.45) is 5.92 Å². The minimum Gasteiger partial charge on any atom is -0.349 e. The molecule has 2 heteroatoms. The molecule has 1 atom stereocenters. The Morgan fingerprint density at radius 1 is 1.27 bits per heavy atom. The lowest BCUT2D eigenvalue weighted by atomic mass is 10.00. The fourth-order valence-corrected chi connectivity index (χ4v) is 1.78. The Kier molecular flexibility index (Phi) is 6.14. The highest BCUT2D eigenvalue weighted by Gasteiger charge is 1.98. The molecule has 15 heavy (non-hydrogen) atoms. The average Bonchev–Trinajstić information content (AvgIpc) is 2.75. The lowest BCUT2D eigenvalue weighted by Gasteiger charge is -2.06. The summed E-state index contributed by atoms with van der Waals surface area (Å²) in [6, 6.07) is 0. The number of nitrogens with zero attached hydrogens (tertiary/aromatic N) is 1. The topological polar surface area (TPSA) is 28.7 Å². The van der Waals surface area contributed by atoms with Crippen LogP contribution in [0.3, 0.4) is 0 Å². The predicted molar refractivity (Wildman–Crippen MR) is 64.8 cm³/mol. The third-order valence-electron chi connectivity index (χ3n) is 3.11. The molecule has 1 aromatic heterocycles. The molecule has 0 aromatic carbocycles. The molecular weight excluding hydrogens is 184 g/mol. The molecule has 2 nitrogen and oxygen atoms in total. The Bertz CT molecular complexity index is 229. The van der Waals surface area contributed by atoms with Crippen molar-refractivity contribution in [2.45, 2.75) is 58.8 Å². The zero-order valence-corrected chi connectivity index (χ0v) is 10.1. The molecular formula is C13H24N2. The molecule has 0 radical (unpaired) electrons. The lowest BCUT2D eigenvalue weighted by Crippen LogP contribution is -1.92. The maximum Gasteiger partial charge on any atom is 0.105 e. The number of unbranched alkanes of at least 4 members (excludes halogenated alkanes) is 3. The summed E-state index contributed by atoms with van der Waals surface area (Å²) in [5, 5.41) is 0. The Labute approximate surface area is 93.5 Å². The van der Waals surface area contributed by atoms with Crippen LogP contribution in [-0.2, 0) is 6.42 Å². The van der Waals surface area contributed by atoms with E-state index in [-0.39, 0.29) is 0 Å². The van der Waals surface area contributed by atoms with Gasteiger partial charge in [0.2, 0.25) is 0 Å². The van der Waals surface area contributed by atoms with Gasteiger partial charge in [0.15, 0.2) is 0 Å². The van der Waals surface area contributed by atoms with Crippen LogP contribution < -0.4 is 0 Å². The summed E-state index contributed by atoms with van der Waals surface area (Å²) < 4.78 is 0. The van der Waals surface area contributed by atoms with Crippen molar-refractivity contribution < 1.29 is 0 Å². The van der Waals surface area contributed by atoms with E-state index in [0.29, 0.717) is 0 Å². The Hall–Kier alpha value is -0.790. The number of aromatic nitrogens is 2. The van der Waals surface area contributed by atoms with E-state index in [9.17, 15) is 0 Å². The van der Waals surface area contributed by atoms with Crippen LogP contribution in [0.15, 0.2) is 12.4 Å². The molecule has 0 saturated carbocycles. The van der Waals surface area contributed by atoms with E-state index < -0.39 is 0 Å². The highest BCUT2D eigenvalue weighted by atomic mass is 14.9. The van der Waals surface area contributed by atoms with E-state index in [0.717, 1.165) is 18.2 Å². The zero-order valence-electron chi connectivity index (χ0n) is 10.1. The van der Waals surface area contributed by atoms with Gasteiger partial charge in [-0.15, -0.1) is 0 Å². The van der Waals surface area contributed by atoms with Crippen molar-refractivity contribution in [3.05, 3.63) is 18.2 Å². The summed E-state index contributed by atoms with van der Waals surface area (Å²) >= 11 is 0. The number of aromatic amines is 1.